The van der Waals surface area contributed by atoms with Crippen LogP contribution in [-0.2, 0) is 0 Å². The number of methoxy groups -OCH3 is 1. The molecule has 0 saturated carbocycles. The van der Waals surface area contributed by atoms with E-state index in [0.29, 0.717) is 17.0 Å². The van der Waals surface area contributed by atoms with Crippen LogP contribution in [0.1, 0.15) is 17.2 Å². The van der Waals surface area contributed by atoms with Crippen molar-refractivity contribution in [1.82, 2.24) is 5.43 Å². The Morgan fingerprint density at radius 1 is 1.16 bits per heavy atom. The van der Waals surface area contributed by atoms with E-state index in [1.165, 1.54) is 18.2 Å². The summed E-state index contributed by atoms with van der Waals surface area (Å²) in [4.78, 5) is 0. The van der Waals surface area contributed by atoms with Crippen molar-refractivity contribution in [3.05, 3.63) is 59.4 Å². The number of ether oxygens (including phenoxy) is 1. The summed E-state index contributed by atoms with van der Waals surface area (Å²) in [6.45, 7) is 0. The predicted molar refractivity (Wildman–Crippen MR) is 73.0 cm³/mol. The lowest BCUT2D eigenvalue weighted by Crippen LogP contribution is -2.29. The summed E-state index contributed by atoms with van der Waals surface area (Å²) in [5, 5.41) is 0. The zero-order chi connectivity index (χ0) is 13.8. The smallest absolute Gasteiger partial charge is 0.124 e. The average molecular weight is 261 g/mol. The minimum atomic E-state index is -0.438. The van der Waals surface area contributed by atoms with Crippen molar-refractivity contribution in [1.29, 1.82) is 0 Å². The number of benzene rings is 2. The quantitative estimate of drug-likeness (QED) is 0.447. The van der Waals surface area contributed by atoms with Gasteiger partial charge in [0.05, 0.1) is 13.2 Å². The van der Waals surface area contributed by atoms with Crippen LogP contribution >= 0.6 is 0 Å². The fourth-order valence-corrected chi connectivity index (χ4v) is 2.05. The molecule has 2 aromatic rings. The van der Waals surface area contributed by atoms with Crippen LogP contribution in [0.5, 0.6) is 5.75 Å². The highest BCUT2D eigenvalue weighted by Crippen LogP contribution is 2.32. The summed E-state index contributed by atoms with van der Waals surface area (Å²) in [5.74, 6) is 5.90. The highest BCUT2D eigenvalue weighted by atomic mass is 19.1. The normalized spacial score (nSPS) is 12.2. The molecule has 0 saturated heterocycles. The molecule has 0 aromatic heterocycles. The maximum absolute atomic E-state index is 13.4. The summed E-state index contributed by atoms with van der Waals surface area (Å²) in [7, 11) is 1.57. The summed E-state index contributed by atoms with van der Waals surface area (Å²) in [5.41, 5.74) is 10.4. The van der Waals surface area contributed by atoms with Gasteiger partial charge >= 0.3 is 0 Å². The van der Waals surface area contributed by atoms with E-state index in [4.69, 9.17) is 16.3 Å². The van der Waals surface area contributed by atoms with Crippen LogP contribution in [-0.4, -0.2) is 7.11 Å². The molecule has 0 aliphatic heterocycles. The van der Waals surface area contributed by atoms with Crippen molar-refractivity contribution < 1.29 is 9.13 Å². The van der Waals surface area contributed by atoms with Gasteiger partial charge in [0, 0.05) is 16.8 Å². The van der Waals surface area contributed by atoms with Gasteiger partial charge in [-0.3, -0.25) is 5.84 Å². The zero-order valence-electron chi connectivity index (χ0n) is 10.6. The summed E-state index contributed by atoms with van der Waals surface area (Å²) < 4.78 is 18.7. The molecule has 2 rings (SSSR count). The number of hydrogen-bond acceptors (Lipinski definition) is 4. The second-order valence-electron chi connectivity index (χ2n) is 4.11. The number of nitrogens with two attached hydrogens (primary N) is 2. The third-order valence-corrected chi connectivity index (χ3v) is 2.98. The molecule has 5 N–H and O–H groups in total. The molecule has 0 spiro atoms. The van der Waals surface area contributed by atoms with Gasteiger partial charge in [-0.1, -0.05) is 18.2 Å². The van der Waals surface area contributed by atoms with Gasteiger partial charge in [0.2, 0.25) is 0 Å². The molecule has 1 unspecified atom stereocenters. The van der Waals surface area contributed by atoms with Crippen molar-refractivity contribution in [2.75, 3.05) is 12.8 Å². The van der Waals surface area contributed by atoms with Crippen LogP contribution in [0.25, 0.3) is 0 Å². The average Bonchev–Trinajstić information content (AvgIpc) is 2.44. The minimum absolute atomic E-state index is 0.362. The molecule has 4 nitrogen and oxygen atoms in total. The van der Waals surface area contributed by atoms with Crippen molar-refractivity contribution in [2.24, 2.45) is 5.84 Å². The molecule has 0 radical (unpaired) electrons. The Morgan fingerprint density at radius 2 is 1.89 bits per heavy atom. The first kappa shape index (κ1) is 13.3. The maximum Gasteiger partial charge on any atom is 0.124 e. The Kier molecular flexibility index (Phi) is 3.99. The maximum atomic E-state index is 13.4. The zero-order valence-corrected chi connectivity index (χ0v) is 10.6. The third-order valence-electron chi connectivity index (χ3n) is 2.98. The minimum Gasteiger partial charge on any atom is -0.496 e. The van der Waals surface area contributed by atoms with E-state index in [-0.39, 0.29) is 5.82 Å². The lowest BCUT2D eigenvalue weighted by Gasteiger charge is -2.21. The standard InChI is InChI=1S/C14H16FN3O/c1-19-13-5-3-2-4-10(13)14(18-17)11-8-9(15)6-7-12(11)16/h2-8,14,18H,16-17H2,1H3. The van der Waals surface area contributed by atoms with Gasteiger partial charge in [0.15, 0.2) is 0 Å². The first-order valence-corrected chi connectivity index (χ1v) is 5.81. The molecule has 1 atom stereocenters. The van der Waals surface area contributed by atoms with Crippen molar-refractivity contribution in [2.45, 2.75) is 6.04 Å². The number of hydrogen-bond donors (Lipinski definition) is 3. The predicted octanol–water partition coefficient (Wildman–Crippen LogP) is 1.97. The number of hydrazine groups is 1. The number of halogens is 1. The van der Waals surface area contributed by atoms with Gasteiger partial charge in [-0.2, -0.15) is 0 Å². The Bertz CT molecular complexity index is 574. The number of nitrogens with one attached hydrogen (secondary N) is 1. The second kappa shape index (κ2) is 5.69. The molecular formula is C14H16FN3O. The van der Waals surface area contributed by atoms with Crippen LogP contribution in [0.4, 0.5) is 10.1 Å². The molecule has 5 heteroatoms. The van der Waals surface area contributed by atoms with Crippen LogP contribution in [0.15, 0.2) is 42.5 Å². The van der Waals surface area contributed by atoms with Gasteiger partial charge < -0.3 is 10.5 Å². The monoisotopic (exact) mass is 261 g/mol. The molecule has 0 heterocycles. The Labute approximate surface area is 111 Å². The molecule has 0 aliphatic rings. The second-order valence-corrected chi connectivity index (χ2v) is 4.11. The number of para-hydroxylation sites is 1. The molecule has 0 amide bonds. The molecule has 19 heavy (non-hydrogen) atoms. The largest absolute Gasteiger partial charge is 0.496 e. The van der Waals surface area contributed by atoms with E-state index < -0.39 is 6.04 Å². The van der Waals surface area contributed by atoms with Crippen molar-refractivity contribution in [3.8, 4) is 5.75 Å². The summed E-state index contributed by atoms with van der Waals surface area (Å²) in [6, 6.07) is 11.1. The summed E-state index contributed by atoms with van der Waals surface area (Å²) in [6.07, 6.45) is 0. The lowest BCUT2D eigenvalue weighted by molar-refractivity contribution is 0.404. The van der Waals surface area contributed by atoms with E-state index in [9.17, 15) is 4.39 Å². The third kappa shape index (κ3) is 2.67. The van der Waals surface area contributed by atoms with Gasteiger partial charge in [0.25, 0.3) is 0 Å². The van der Waals surface area contributed by atoms with Crippen LogP contribution in [0.3, 0.4) is 0 Å². The van der Waals surface area contributed by atoms with E-state index in [1.807, 2.05) is 24.3 Å². The van der Waals surface area contributed by atoms with Gasteiger partial charge in [-0.05, 0) is 24.3 Å². The van der Waals surface area contributed by atoms with Gasteiger partial charge in [0.1, 0.15) is 11.6 Å². The van der Waals surface area contributed by atoms with Crippen molar-refractivity contribution in [3.63, 3.8) is 0 Å². The Morgan fingerprint density at radius 3 is 2.58 bits per heavy atom. The SMILES string of the molecule is COc1ccccc1C(NN)c1cc(F)ccc1N. The molecule has 100 valence electrons. The number of nitrogen functional groups attached to an aromatic ring is 1. The van der Waals surface area contributed by atoms with Gasteiger partial charge in [-0.15, -0.1) is 0 Å². The summed E-state index contributed by atoms with van der Waals surface area (Å²) >= 11 is 0. The molecule has 2 aromatic carbocycles. The lowest BCUT2D eigenvalue weighted by atomic mass is 9.97. The molecule has 0 aliphatic carbocycles. The van der Waals surface area contributed by atoms with E-state index in [0.717, 1.165) is 5.56 Å². The first-order chi connectivity index (χ1) is 9.17. The van der Waals surface area contributed by atoms with Crippen molar-refractivity contribution >= 4 is 5.69 Å². The Balaban J connectivity index is 2.53. The van der Waals surface area contributed by atoms with Crippen LogP contribution in [0.2, 0.25) is 0 Å². The van der Waals surface area contributed by atoms with E-state index >= 15 is 0 Å². The molecule has 0 bridgehead atoms. The Hall–Kier alpha value is -2.11. The number of anilines is 1. The van der Waals surface area contributed by atoms with Crippen LogP contribution in [0, 0.1) is 5.82 Å². The van der Waals surface area contributed by atoms with Gasteiger partial charge in [-0.25, -0.2) is 9.82 Å². The number of rotatable bonds is 4. The molecule has 0 fully saturated rings. The fourth-order valence-electron chi connectivity index (χ4n) is 2.05. The highest BCUT2D eigenvalue weighted by Gasteiger charge is 2.19. The topological polar surface area (TPSA) is 73.3 Å². The first-order valence-electron chi connectivity index (χ1n) is 5.81. The van der Waals surface area contributed by atoms with Crippen LogP contribution < -0.4 is 21.7 Å². The molecular weight excluding hydrogens is 245 g/mol. The van der Waals surface area contributed by atoms with E-state index in [2.05, 4.69) is 5.43 Å². The fraction of sp³-hybridized carbons (Fsp3) is 0.143. The van der Waals surface area contributed by atoms with E-state index in [1.54, 1.807) is 7.11 Å². The highest BCUT2D eigenvalue weighted by molar-refractivity contribution is 5.53.